The van der Waals surface area contributed by atoms with Gasteiger partial charge >= 0.3 is 6.18 Å². The molecule has 1 fully saturated rings. The van der Waals surface area contributed by atoms with Crippen LogP contribution in [0.1, 0.15) is 43.6 Å². The number of aliphatic hydroxyl groups excluding tert-OH is 1. The second-order valence-electron chi connectivity index (χ2n) is 9.97. The standard InChI is InChI=1S/C29H29F3N6O4.C2H4/c1-17-24(18-6-8-21(42-2)9-7-18)35-27-22(15-34-38(27)25(17)29(30,31)32)28(41)37-12-10-36(11-13-37)23(16-39)19-4-3-5-20(14-19)26(33)40;1-2/h3-9,14-15,23,39H,10-13,16H2,1-2H3,(H2,33,40);1-2H2/t23-;/m0./s1. The number of ether oxygens (including phenoxy) is 1. The molecule has 2 amide bonds. The Hall–Kier alpha value is -4.75. The second kappa shape index (κ2) is 13.3. The van der Waals surface area contributed by atoms with E-state index in [1.54, 1.807) is 48.5 Å². The third-order valence-electron chi connectivity index (χ3n) is 7.52. The molecule has 0 aliphatic carbocycles. The molecule has 0 unspecified atom stereocenters. The number of alkyl halides is 3. The lowest BCUT2D eigenvalue weighted by Crippen LogP contribution is -2.50. The molecule has 44 heavy (non-hydrogen) atoms. The smallest absolute Gasteiger partial charge is 0.433 e. The lowest BCUT2D eigenvalue weighted by Gasteiger charge is -2.38. The summed E-state index contributed by atoms with van der Waals surface area (Å²) in [5.41, 5.74) is 5.58. The Kier molecular flexibility index (Phi) is 9.70. The van der Waals surface area contributed by atoms with Crippen LogP contribution >= 0.6 is 0 Å². The normalized spacial score (nSPS) is 14.5. The SMILES string of the molecule is C=C.COc1ccc(-c2nc3c(C(=O)N4CCN([C@@H](CO)c5cccc(C(N)=O)c5)CC4)cnn3c(C(F)(F)F)c2C)cc1. The van der Waals surface area contributed by atoms with Gasteiger partial charge in [0.05, 0.1) is 31.6 Å². The van der Waals surface area contributed by atoms with Gasteiger partial charge in [-0.1, -0.05) is 12.1 Å². The number of carbonyl (C=O) groups excluding carboxylic acids is 2. The zero-order chi connectivity index (χ0) is 32.2. The van der Waals surface area contributed by atoms with Gasteiger partial charge in [-0.05, 0) is 48.9 Å². The highest BCUT2D eigenvalue weighted by atomic mass is 19.4. The third kappa shape index (κ3) is 6.29. The molecule has 0 bridgehead atoms. The topological polar surface area (TPSA) is 126 Å². The molecule has 13 heteroatoms. The van der Waals surface area contributed by atoms with Crippen molar-refractivity contribution in [1.82, 2.24) is 24.4 Å². The minimum absolute atomic E-state index is 0.0448. The molecular formula is C31H33F3N6O4. The highest BCUT2D eigenvalue weighted by molar-refractivity contribution is 6.00. The molecule has 2 aromatic carbocycles. The molecule has 0 saturated carbocycles. The molecule has 3 heterocycles. The fourth-order valence-corrected chi connectivity index (χ4v) is 5.33. The van der Waals surface area contributed by atoms with Crippen molar-refractivity contribution in [3.05, 3.63) is 95.8 Å². The number of nitrogens with two attached hydrogens (primary N) is 1. The number of benzene rings is 2. The van der Waals surface area contributed by atoms with Crippen LogP contribution in [0.3, 0.4) is 0 Å². The predicted molar refractivity (Wildman–Crippen MR) is 158 cm³/mol. The zero-order valence-corrected chi connectivity index (χ0v) is 24.3. The Balaban J connectivity index is 0.00000216. The number of nitrogens with zero attached hydrogens (tertiary/aromatic N) is 5. The molecule has 5 rings (SSSR count). The van der Waals surface area contributed by atoms with E-state index in [4.69, 9.17) is 10.5 Å². The molecular weight excluding hydrogens is 577 g/mol. The number of aliphatic hydroxyl groups is 1. The number of hydrogen-bond acceptors (Lipinski definition) is 7. The highest BCUT2D eigenvalue weighted by Crippen LogP contribution is 2.37. The van der Waals surface area contributed by atoms with E-state index in [0.29, 0.717) is 40.0 Å². The number of aromatic nitrogens is 3. The van der Waals surface area contributed by atoms with Gasteiger partial charge in [-0.3, -0.25) is 14.5 Å². The summed E-state index contributed by atoms with van der Waals surface area (Å²) in [6, 6.07) is 12.7. The maximum Gasteiger partial charge on any atom is 0.433 e. The Morgan fingerprint density at radius 2 is 1.75 bits per heavy atom. The van der Waals surface area contributed by atoms with Crippen LogP contribution < -0.4 is 10.5 Å². The molecule has 10 nitrogen and oxygen atoms in total. The molecule has 0 spiro atoms. The highest BCUT2D eigenvalue weighted by Gasteiger charge is 2.39. The summed E-state index contributed by atoms with van der Waals surface area (Å²) in [5, 5.41) is 14.0. The number of amides is 2. The van der Waals surface area contributed by atoms with Gasteiger partial charge in [0.25, 0.3) is 5.91 Å². The number of halogens is 3. The predicted octanol–water partition coefficient (Wildman–Crippen LogP) is 4.12. The molecule has 1 aliphatic heterocycles. The zero-order valence-electron chi connectivity index (χ0n) is 24.3. The van der Waals surface area contributed by atoms with E-state index >= 15 is 0 Å². The molecule has 1 atom stereocenters. The van der Waals surface area contributed by atoms with Crippen molar-refractivity contribution < 1.29 is 32.6 Å². The van der Waals surface area contributed by atoms with E-state index in [9.17, 15) is 27.9 Å². The van der Waals surface area contributed by atoms with Crippen LogP contribution in [0.4, 0.5) is 13.2 Å². The minimum Gasteiger partial charge on any atom is -0.497 e. The lowest BCUT2D eigenvalue weighted by atomic mass is 10.0. The first kappa shape index (κ1) is 32.2. The van der Waals surface area contributed by atoms with Crippen LogP contribution in [-0.4, -0.2) is 81.2 Å². The molecule has 1 aliphatic rings. The Morgan fingerprint density at radius 3 is 2.32 bits per heavy atom. The number of rotatable bonds is 7. The first-order valence-corrected chi connectivity index (χ1v) is 13.7. The average molecular weight is 611 g/mol. The van der Waals surface area contributed by atoms with Crippen molar-refractivity contribution in [3.63, 3.8) is 0 Å². The summed E-state index contributed by atoms with van der Waals surface area (Å²) in [7, 11) is 1.49. The fraction of sp³-hybridized carbons (Fsp3) is 0.290. The van der Waals surface area contributed by atoms with Crippen LogP contribution in [-0.2, 0) is 6.18 Å². The van der Waals surface area contributed by atoms with Gasteiger partial charge in [-0.25, -0.2) is 9.50 Å². The Morgan fingerprint density at radius 1 is 1.09 bits per heavy atom. The number of hydrogen-bond donors (Lipinski definition) is 2. The van der Waals surface area contributed by atoms with E-state index in [1.807, 2.05) is 4.90 Å². The van der Waals surface area contributed by atoms with E-state index in [2.05, 4.69) is 23.2 Å². The summed E-state index contributed by atoms with van der Waals surface area (Å²) in [6.07, 6.45) is -3.63. The quantitative estimate of drug-likeness (QED) is 0.302. The van der Waals surface area contributed by atoms with Gasteiger partial charge in [-0.2, -0.15) is 18.3 Å². The molecule has 0 radical (unpaired) electrons. The van der Waals surface area contributed by atoms with Gasteiger partial charge in [0.1, 0.15) is 11.3 Å². The van der Waals surface area contributed by atoms with Crippen LogP contribution in [0.25, 0.3) is 16.9 Å². The average Bonchev–Trinajstić information content (AvgIpc) is 3.44. The van der Waals surface area contributed by atoms with E-state index in [1.165, 1.54) is 18.9 Å². The summed E-state index contributed by atoms with van der Waals surface area (Å²) in [4.78, 5) is 33.2. The molecule has 2 aromatic heterocycles. The fourth-order valence-electron chi connectivity index (χ4n) is 5.33. The van der Waals surface area contributed by atoms with E-state index in [0.717, 1.165) is 6.20 Å². The Labute approximate surface area is 252 Å². The van der Waals surface area contributed by atoms with Crippen molar-refractivity contribution in [1.29, 1.82) is 0 Å². The number of fused-ring (bicyclic) bond motifs is 1. The molecule has 232 valence electrons. The molecule has 3 N–H and O–H groups in total. The molecule has 1 saturated heterocycles. The second-order valence-corrected chi connectivity index (χ2v) is 9.97. The minimum atomic E-state index is -4.75. The number of methoxy groups -OCH3 is 1. The van der Waals surface area contributed by atoms with Gasteiger partial charge in [0, 0.05) is 42.9 Å². The number of piperazine rings is 1. The first-order valence-electron chi connectivity index (χ1n) is 13.7. The first-order chi connectivity index (χ1) is 21.0. The summed E-state index contributed by atoms with van der Waals surface area (Å²) < 4.78 is 48.6. The summed E-state index contributed by atoms with van der Waals surface area (Å²) in [6.45, 7) is 8.38. The van der Waals surface area contributed by atoms with Gasteiger partial charge in [0.2, 0.25) is 5.91 Å². The van der Waals surface area contributed by atoms with Gasteiger partial charge in [-0.15, -0.1) is 13.2 Å². The van der Waals surface area contributed by atoms with Crippen molar-refractivity contribution >= 4 is 17.5 Å². The third-order valence-corrected chi connectivity index (χ3v) is 7.52. The number of primary amides is 1. The van der Waals surface area contributed by atoms with E-state index in [-0.39, 0.29) is 42.2 Å². The van der Waals surface area contributed by atoms with Crippen molar-refractivity contribution in [2.24, 2.45) is 5.73 Å². The van der Waals surface area contributed by atoms with Gasteiger partial charge in [0.15, 0.2) is 11.3 Å². The van der Waals surface area contributed by atoms with Crippen molar-refractivity contribution in [2.75, 3.05) is 39.9 Å². The molecule has 4 aromatic rings. The monoisotopic (exact) mass is 610 g/mol. The van der Waals surface area contributed by atoms with Crippen LogP contribution in [0.5, 0.6) is 5.75 Å². The van der Waals surface area contributed by atoms with Crippen molar-refractivity contribution in [3.8, 4) is 17.0 Å². The van der Waals surface area contributed by atoms with Crippen LogP contribution in [0.2, 0.25) is 0 Å². The maximum atomic E-state index is 14.3. The van der Waals surface area contributed by atoms with Crippen molar-refractivity contribution in [2.45, 2.75) is 19.1 Å². The van der Waals surface area contributed by atoms with Gasteiger partial charge < -0.3 is 20.5 Å². The maximum absolute atomic E-state index is 14.3. The van der Waals surface area contributed by atoms with E-state index < -0.39 is 29.7 Å². The Bertz CT molecular complexity index is 1650. The van der Waals surface area contributed by atoms with Crippen LogP contribution in [0, 0.1) is 6.92 Å². The summed E-state index contributed by atoms with van der Waals surface area (Å²) in [5.74, 6) is -0.534. The largest absolute Gasteiger partial charge is 0.497 e. The van der Waals surface area contributed by atoms with Crippen LogP contribution in [0.15, 0.2) is 67.9 Å². The summed E-state index contributed by atoms with van der Waals surface area (Å²) >= 11 is 0. The number of carbonyl (C=O) groups is 2. The lowest BCUT2D eigenvalue weighted by molar-refractivity contribution is -0.143.